The van der Waals surface area contributed by atoms with E-state index in [1.807, 2.05) is 0 Å². The Balaban J connectivity index is 3.29. The van der Waals surface area contributed by atoms with E-state index in [4.69, 9.17) is 11.6 Å². The van der Waals surface area contributed by atoms with Crippen molar-refractivity contribution in [1.29, 1.82) is 0 Å². The summed E-state index contributed by atoms with van der Waals surface area (Å²) < 4.78 is 0. The fourth-order valence-corrected chi connectivity index (χ4v) is 1.46. The highest BCUT2D eigenvalue weighted by molar-refractivity contribution is 6.65. The van der Waals surface area contributed by atoms with E-state index in [0.29, 0.717) is 5.12 Å². The van der Waals surface area contributed by atoms with Gasteiger partial charge >= 0.3 is 0 Å². The number of rotatable bonds is 5. The number of ketones is 2. The van der Waals surface area contributed by atoms with Crippen LogP contribution in [0.5, 0.6) is 0 Å². The quantitative estimate of drug-likeness (QED) is 0.356. The molecule has 0 bridgehead atoms. The maximum atomic E-state index is 11.2. The topological polar surface area (TPSA) is 92.9 Å². The lowest BCUT2D eigenvalue weighted by atomic mass is 10.2. The zero-order valence-electron chi connectivity index (χ0n) is 10.2. The molecule has 1 aromatic carbocycles. The van der Waals surface area contributed by atoms with E-state index in [1.54, 1.807) is 0 Å². The molecule has 0 aliphatic carbocycles. The smallest absolute Gasteiger partial charge is 0.286 e. The van der Waals surface area contributed by atoms with Crippen LogP contribution in [0.3, 0.4) is 0 Å². The Morgan fingerprint density at radius 1 is 1.32 bits per heavy atom. The highest BCUT2D eigenvalue weighted by atomic mass is 35.5. The zero-order chi connectivity index (χ0) is 14.6. The van der Waals surface area contributed by atoms with Gasteiger partial charge in [-0.1, -0.05) is 17.7 Å². The lowest BCUT2D eigenvalue weighted by molar-refractivity contribution is -0.495. The number of benzene rings is 1. The van der Waals surface area contributed by atoms with Gasteiger partial charge in [0.25, 0.3) is 5.71 Å². The molecule has 0 saturated heterocycles. The number of hydrogen-bond donors (Lipinski definition) is 0. The van der Waals surface area contributed by atoms with E-state index in [0.717, 1.165) is 13.8 Å². The van der Waals surface area contributed by atoms with Crippen molar-refractivity contribution in [2.75, 3.05) is 5.12 Å². The highest BCUT2D eigenvalue weighted by Crippen LogP contribution is 2.20. The van der Waals surface area contributed by atoms with Crippen LogP contribution in [0.1, 0.15) is 13.8 Å². The molecule has 19 heavy (non-hydrogen) atoms. The van der Waals surface area contributed by atoms with E-state index in [9.17, 15) is 19.7 Å². The van der Waals surface area contributed by atoms with Crippen LogP contribution in [0.25, 0.3) is 0 Å². The number of hydrazine groups is 1. The fraction of sp³-hybridized carbons (Fsp3) is 0.182. The first-order valence-electron chi connectivity index (χ1n) is 5.13. The minimum Gasteiger partial charge on any atom is -0.339 e. The summed E-state index contributed by atoms with van der Waals surface area (Å²) in [5.41, 5.74) is -0.464. The Morgan fingerprint density at radius 2 is 1.89 bits per heavy atom. The predicted molar refractivity (Wildman–Crippen MR) is 69.7 cm³/mol. The molecule has 0 aliphatic rings. The molecule has 0 radical (unpaired) electrons. The molecule has 0 amide bonds. The van der Waals surface area contributed by atoms with Crippen molar-refractivity contribution in [3.8, 4) is 0 Å². The molecule has 0 aromatic heterocycles. The molecule has 1 rings (SSSR count). The van der Waals surface area contributed by atoms with Gasteiger partial charge in [-0.15, -0.1) is 0 Å². The van der Waals surface area contributed by atoms with Gasteiger partial charge in [0.1, 0.15) is 5.69 Å². The van der Waals surface area contributed by atoms with E-state index in [2.05, 4.69) is 5.10 Å². The third-order valence-corrected chi connectivity index (χ3v) is 2.29. The van der Waals surface area contributed by atoms with Crippen LogP contribution >= 0.6 is 11.6 Å². The fourth-order valence-electron chi connectivity index (χ4n) is 1.27. The van der Waals surface area contributed by atoms with Gasteiger partial charge in [0.05, 0.1) is 10.1 Å². The van der Waals surface area contributed by atoms with Crippen LogP contribution in [0.2, 0.25) is 5.02 Å². The summed E-state index contributed by atoms with van der Waals surface area (Å²) in [7, 11) is 0. The number of halogens is 1. The van der Waals surface area contributed by atoms with Crippen LogP contribution in [0.4, 0.5) is 5.69 Å². The Labute approximate surface area is 113 Å². The van der Waals surface area contributed by atoms with Crippen molar-refractivity contribution in [3.63, 3.8) is 0 Å². The van der Waals surface area contributed by atoms with Crippen LogP contribution in [-0.2, 0) is 9.59 Å². The Hall–Kier alpha value is -2.28. The van der Waals surface area contributed by atoms with Crippen molar-refractivity contribution in [2.45, 2.75) is 13.8 Å². The minimum atomic E-state index is -0.850. The number of hydrazone groups is 1. The molecule has 0 N–H and O–H groups in total. The van der Waals surface area contributed by atoms with Gasteiger partial charge < -0.3 is 10.1 Å². The van der Waals surface area contributed by atoms with Crippen molar-refractivity contribution < 1.29 is 14.6 Å². The number of nitro groups is 1. The highest BCUT2D eigenvalue weighted by Gasteiger charge is 2.25. The Bertz CT molecular complexity index is 555. The van der Waals surface area contributed by atoms with Crippen LogP contribution < -0.4 is 5.12 Å². The second-order valence-corrected chi connectivity index (χ2v) is 4.00. The van der Waals surface area contributed by atoms with Gasteiger partial charge in [0.15, 0.2) is 0 Å². The predicted octanol–water partition coefficient (Wildman–Crippen LogP) is 1.87. The molecule has 0 heterocycles. The lowest BCUT2D eigenvalue weighted by Gasteiger charge is -2.09. The molecule has 100 valence electrons. The third kappa shape index (κ3) is 3.85. The molecule has 0 atom stereocenters. The van der Waals surface area contributed by atoms with Gasteiger partial charge in [-0.25, -0.2) is 0 Å². The monoisotopic (exact) mass is 283 g/mol. The van der Waals surface area contributed by atoms with Crippen LogP contribution in [-0.4, -0.2) is 22.3 Å². The Morgan fingerprint density at radius 3 is 2.32 bits per heavy atom. The molecule has 1 aromatic rings. The summed E-state index contributed by atoms with van der Waals surface area (Å²) in [5, 5.41) is 14.2. The molecule has 0 fully saturated rings. The van der Waals surface area contributed by atoms with Gasteiger partial charge in [-0.2, -0.15) is 0 Å². The first-order valence-corrected chi connectivity index (χ1v) is 5.51. The molecule has 7 nitrogen and oxygen atoms in total. The number of anilines is 1. The van der Waals surface area contributed by atoms with E-state index < -0.39 is 22.3 Å². The van der Waals surface area contributed by atoms with Crippen LogP contribution in [0.15, 0.2) is 29.4 Å². The second-order valence-electron chi connectivity index (χ2n) is 3.57. The van der Waals surface area contributed by atoms with E-state index >= 15 is 0 Å². The average molecular weight is 284 g/mol. The summed E-state index contributed by atoms with van der Waals surface area (Å²) >= 11 is 5.72. The molecular weight excluding hydrogens is 274 g/mol. The molecule has 0 saturated carbocycles. The van der Waals surface area contributed by atoms with Crippen molar-refractivity contribution >= 4 is 34.6 Å². The van der Waals surface area contributed by atoms with E-state index in [-0.39, 0.29) is 10.7 Å². The summed E-state index contributed by atoms with van der Waals surface area (Å²) in [4.78, 5) is 33.4. The number of carbonyl (C=O) groups excluding carboxylic acids is 2. The summed E-state index contributed by atoms with van der Waals surface area (Å²) in [5.74, 6) is -1.30. The van der Waals surface area contributed by atoms with Gasteiger partial charge in [0.2, 0.25) is 11.6 Å². The number of carbonyl (C=O) groups is 2. The average Bonchev–Trinajstić information content (AvgIpc) is 2.27. The standard InChI is InChI=1S/C11H10ClN3O4/c1-7(16)11(8(2)17)13-14(15(18)19)10-5-3-4-9(12)6-10/h3-6H,1-2H3. The maximum absolute atomic E-state index is 11.2. The second kappa shape index (κ2) is 6.05. The van der Waals surface area contributed by atoms with Gasteiger partial charge in [-0.3, -0.25) is 9.59 Å². The van der Waals surface area contributed by atoms with Gasteiger partial charge in [-0.05, 0) is 18.2 Å². The number of hydrogen-bond acceptors (Lipinski definition) is 5. The summed E-state index contributed by atoms with van der Waals surface area (Å²) in [6, 6.07) is 5.70. The Kier molecular flexibility index (Phi) is 4.71. The summed E-state index contributed by atoms with van der Waals surface area (Å²) in [6.45, 7) is 2.21. The van der Waals surface area contributed by atoms with Crippen molar-refractivity contribution in [3.05, 3.63) is 39.4 Å². The largest absolute Gasteiger partial charge is 0.339 e. The zero-order valence-corrected chi connectivity index (χ0v) is 10.9. The molecule has 0 spiro atoms. The number of nitrogens with zero attached hydrogens (tertiary/aromatic N) is 3. The summed E-state index contributed by atoms with van der Waals surface area (Å²) in [6.07, 6.45) is 0. The molecule has 0 aliphatic heterocycles. The van der Waals surface area contributed by atoms with Crippen molar-refractivity contribution in [2.24, 2.45) is 5.10 Å². The maximum Gasteiger partial charge on any atom is 0.286 e. The number of Topliss-reactive ketones (excluding diaryl/α,β-unsaturated/α-hetero) is 2. The third-order valence-electron chi connectivity index (χ3n) is 2.06. The normalized spacial score (nSPS) is 9.63. The first kappa shape index (κ1) is 14.8. The lowest BCUT2D eigenvalue weighted by Crippen LogP contribution is -2.30. The SMILES string of the molecule is CC(=O)C(=NN(c1cccc(Cl)c1)[N+](=O)[O-])C(C)=O. The first-order chi connectivity index (χ1) is 8.82. The molecular formula is C11H10ClN3O4. The van der Waals surface area contributed by atoms with Gasteiger partial charge in [0, 0.05) is 24.0 Å². The van der Waals surface area contributed by atoms with Crippen LogP contribution in [0, 0.1) is 10.1 Å². The van der Waals surface area contributed by atoms with Crippen molar-refractivity contribution in [1.82, 2.24) is 0 Å². The van der Waals surface area contributed by atoms with E-state index in [1.165, 1.54) is 24.3 Å². The molecule has 0 unspecified atom stereocenters. The molecule has 8 heteroatoms. The minimum absolute atomic E-state index is 0.0394.